The van der Waals surface area contributed by atoms with Crippen molar-refractivity contribution in [3.8, 4) is 0 Å². The highest BCUT2D eigenvalue weighted by Crippen LogP contribution is 2.06. The molecule has 0 saturated heterocycles. The largest absolute Gasteiger partial charge is 0.384 e. The van der Waals surface area contributed by atoms with Crippen LogP contribution in [-0.2, 0) is 4.79 Å². The fourth-order valence-electron chi connectivity index (χ4n) is 1.81. The molecule has 1 aromatic carbocycles. The summed E-state index contributed by atoms with van der Waals surface area (Å²) in [4.78, 5) is 15.7. The number of nitrogen functional groups attached to an aromatic ring is 1. The summed E-state index contributed by atoms with van der Waals surface area (Å²) in [5, 5.41) is 5.96. The molecule has 5 heteroatoms. The predicted octanol–water partition coefficient (Wildman–Crippen LogP) is 2.21. The topological polar surface area (TPSA) is 80.0 Å². The van der Waals surface area contributed by atoms with Gasteiger partial charge in [0.15, 0.2) is 0 Å². The van der Waals surface area contributed by atoms with Crippen molar-refractivity contribution in [1.82, 2.24) is 10.3 Å². The number of anilines is 2. The Labute approximate surface area is 130 Å². The highest BCUT2D eigenvalue weighted by atomic mass is 16.1. The summed E-state index contributed by atoms with van der Waals surface area (Å²) in [5.74, 6) is 0.373. The summed E-state index contributed by atoms with van der Waals surface area (Å²) in [5.41, 5.74) is 8.59. The molecular formula is C17H20N4O. The van der Waals surface area contributed by atoms with Crippen LogP contribution in [0.1, 0.15) is 11.1 Å². The lowest BCUT2D eigenvalue weighted by molar-refractivity contribution is -0.116. The molecule has 1 amide bonds. The maximum atomic E-state index is 11.7. The van der Waals surface area contributed by atoms with E-state index in [0.717, 1.165) is 11.3 Å². The molecule has 5 nitrogen and oxygen atoms in total. The molecule has 0 unspecified atom stereocenters. The average Bonchev–Trinajstić information content (AvgIpc) is 2.53. The van der Waals surface area contributed by atoms with Crippen LogP contribution in [0.25, 0.3) is 6.08 Å². The number of amides is 1. The maximum Gasteiger partial charge on any atom is 0.244 e. The van der Waals surface area contributed by atoms with Gasteiger partial charge < -0.3 is 16.4 Å². The van der Waals surface area contributed by atoms with Gasteiger partial charge in [0.1, 0.15) is 5.82 Å². The Morgan fingerprint density at radius 1 is 1.18 bits per heavy atom. The zero-order valence-electron chi connectivity index (χ0n) is 12.5. The van der Waals surface area contributed by atoms with E-state index in [2.05, 4.69) is 15.6 Å². The van der Waals surface area contributed by atoms with Gasteiger partial charge in [-0.15, -0.1) is 0 Å². The smallest absolute Gasteiger partial charge is 0.244 e. The fraction of sp³-hybridized carbons (Fsp3) is 0.176. The van der Waals surface area contributed by atoms with E-state index in [4.69, 9.17) is 5.73 Å². The quantitative estimate of drug-likeness (QED) is 0.564. The van der Waals surface area contributed by atoms with Crippen molar-refractivity contribution in [3.05, 3.63) is 59.8 Å². The molecule has 114 valence electrons. The number of aryl methyl sites for hydroxylation is 1. The van der Waals surface area contributed by atoms with Crippen molar-refractivity contribution in [2.75, 3.05) is 24.1 Å². The van der Waals surface area contributed by atoms with Gasteiger partial charge in [0, 0.05) is 19.2 Å². The molecule has 0 bridgehead atoms. The lowest BCUT2D eigenvalue weighted by Crippen LogP contribution is -2.27. The van der Waals surface area contributed by atoms with Crippen LogP contribution in [0.5, 0.6) is 0 Å². The van der Waals surface area contributed by atoms with E-state index in [-0.39, 0.29) is 5.91 Å². The van der Waals surface area contributed by atoms with Gasteiger partial charge >= 0.3 is 0 Å². The number of nitrogens with zero attached hydrogens (tertiary/aromatic N) is 1. The minimum Gasteiger partial charge on any atom is -0.384 e. The lowest BCUT2D eigenvalue weighted by Gasteiger charge is -2.06. The molecule has 0 aliphatic heterocycles. The number of carbonyl (C=O) groups excluding carboxylic acids is 1. The standard InChI is InChI=1S/C17H20N4O/c1-13-2-4-14(5-3-13)6-9-17(22)20-11-10-19-15-7-8-16(18)21-12-15/h2-9,12,19H,10-11H2,1H3,(H2,18,21)(H,20,22)/b9-6+. The van der Waals surface area contributed by atoms with Gasteiger partial charge in [0.25, 0.3) is 0 Å². The van der Waals surface area contributed by atoms with Crippen LogP contribution in [0.2, 0.25) is 0 Å². The zero-order valence-corrected chi connectivity index (χ0v) is 12.5. The maximum absolute atomic E-state index is 11.7. The van der Waals surface area contributed by atoms with Crippen LogP contribution in [-0.4, -0.2) is 24.0 Å². The zero-order chi connectivity index (χ0) is 15.8. The third-order valence-corrected chi connectivity index (χ3v) is 3.04. The number of rotatable bonds is 6. The normalized spacial score (nSPS) is 10.6. The average molecular weight is 296 g/mol. The highest BCUT2D eigenvalue weighted by Gasteiger charge is 1.96. The summed E-state index contributed by atoms with van der Waals surface area (Å²) in [6.45, 7) is 3.18. The molecular weight excluding hydrogens is 276 g/mol. The van der Waals surface area contributed by atoms with Crippen molar-refractivity contribution in [2.24, 2.45) is 0 Å². The first-order valence-corrected chi connectivity index (χ1v) is 7.11. The Morgan fingerprint density at radius 3 is 2.64 bits per heavy atom. The molecule has 2 aromatic rings. The van der Waals surface area contributed by atoms with Crippen molar-refractivity contribution in [3.63, 3.8) is 0 Å². The molecule has 0 aliphatic carbocycles. The van der Waals surface area contributed by atoms with Gasteiger partial charge in [-0.3, -0.25) is 4.79 Å². The van der Waals surface area contributed by atoms with Crippen molar-refractivity contribution < 1.29 is 4.79 Å². The number of nitrogens with one attached hydrogen (secondary N) is 2. The number of carbonyl (C=O) groups is 1. The monoisotopic (exact) mass is 296 g/mol. The number of pyridine rings is 1. The molecule has 0 atom stereocenters. The van der Waals surface area contributed by atoms with E-state index in [1.54, 1.807) is 18.3 Å². The Kier molecular flexibility index (Phi) is 5.54. The Hall–Kier alpha value is -2.82. The SMILES string of the molecule is Cc1ccc(/C=C/C(=O)NCCNc2ccc(N)nc2)cc1. The molecule has 1 heterocycles. The predicted molar refractivity (Wildman–Crippen MR) is 90.4 cm³/mol. The third-order valence-electron chi connectivity index (χ3n) is 3.04. The van der Waals surface area contributed by atoms with Gasteiger partial charge in [-0.05, 0) is 30.7 Å². The molecule has 22 heavy (non-hydrogen) atoms. The second-order valence-electron chi connectivity index (χ2n) is 4.93. The number of hydrogen-bond donors (Lipinski definition) is 3. The first kappa shape index (κ1) is 15.6. The number of aromatic nitrogens is 1. The van der Waals surface area contributed by atoms with E-state index in [1.807, 2.05) is 37.3 Å². The van der Waals surface area contributed by atoms with Crippen LogP contribution in [0.15, 0.2) is 48.7 Å². The van der Waals surface area contributed by atoms with Crippen LogP contribution in [0.3, 0.4) is 0 Å². The first-order valence-electron chi connectivity index (χ1n) is 7.11. The van der Waals surface area contributed by atoms with E-state index in [1.165, 1.54) is 11.6 Å². The van der Waals surface area contributed by atoms with E-state index in [0.29, 0.717) is 18.9 Å². The summed E-state index contributed by atoms with van der Waals surface area (Å²) in [7, 11) is 0. The fourth-order valence-corrected chi connectivity index (χ4v) is 1.81. The van der Waals surface area contributed by atoms with Crippen LogP contribution in [0, 0.1) is 6.92 Å². The van der Waals surface area contributed by atoms with Crippen LogP contribution >= 0.6 is 0 Å². The Morgan fingerprint density at radius 2 is 1.95 bits per heavy atom. The molecule has 2 rings (SSSR count). The van der Waals surface area contributed by atoms with Crippen LogP contribution in [0.4, 0.5) is 11.5 Å². The molecule has 0 spiro atoms. The summed E-state index contributed by atoms with van der Waals surface area (Å²) in [6.07, 6.45) is 5.00. The van der Waals surface area contributed by atoms with Gasteiger partial charge in [0.05, 0.1) is 11.9 Å². The highest BCUT2D eigenvalue weighted by molar-refractivity contribution is 5.91. The summed E-state index contributed by atoms with van der Waals surface area (Å²) >= 11 is 0. The third kappa shape index (κ3) is 5.28. The number of benzene rings is 1. The number of hydrogen-bond acceptors (Lipinski definition) is 4. The molecule has 0 radical (unpaired) electrons. The second kappa shape index (κ2) is 7.83. The van der Waals surface area contributed by atoms with Gasteiger partial charge in [-0.25, -0.2) is 4.98 Å². The molecule has 0 aliphatic rings. The molecule has 0 saturated carbocycles. The van der Waals surface area contributed by atoms with Crippen molar-refractivity contribution in [2.45, 2.75) is 6.92 Å². The van der Waals surface area contributed by atoms with Gasteiger partial charge in [-0.1, -0.05) is 29.8 Å². The minimum atomic E-state index is -0.113. The summed E-state index contributed by atoms with van der Waals surface area (Å²) in [6, 6.07) is 11.6. The van der Waals surface area contributed by atoms with Crippen molar-refractivity contribution in [1.29, 1.82) is 0 Å². The Bertz CT molecular complexity index is 633. The van der Waals surface area contributed by atoms with Crippen molar-refractivity contribution >= 4 is 23.5 Å². The Balaban J connectivity index is 1.69. The number of nitrogens with two attached hydrogens (primary N) is 1. The summed E-state index contributed by atoms with van der Waals surface area (Å²) < 4.78 is 0. The van der Waals surface area contributed by atoms with Crippen LogP contribution < -0.4 is 16.4 Å². The first-order chi connectivity index (χ1) is 10.6. The van der Waals surface area contributed by atoms with E-state index in [9.17, 15) is 4.79 Å². The van der Waals surface area contributed by atoms with Gasteiger partial charge in [-0.2, -0.15) is 0 Å². The van der Waals surface area contributed by atoms with E-state index < -0.39 is 0 Å². The van der Waals surface area contributed by atoms with Gasteiger partial charge in [0.2, 0.25) is 5.91 Å². The lowest BCUT2D eigenvalue weighted by atomic mass is 10.1. The molecule has 4 N–H and O–H groups in total. The van der Waals surface area contributed by atoms with E-state index >= 15 is 0 Å². The second-order valence-corrected chi connectivity index (χ2v) is 4.93. The molecule has 1 aromatic heterocycles. The molecule has 0 fully saturated rings. The minimum absolute atomic E-state index is 0.113.